The lowest BCUT2D eigenvalue weighted by Crippen LogP contribution is -2.46. The molecule has 0 aliphatic carbocycles. The van der Waals surface area contributed by atoms with Crippen LogP contribution in [0.2, 0.25) is 5.02 Å². The first kappa shape index (κ1) is 19.7. The fourth-order valence-corrected chi connectivity index (χ4v) is 4.55. The molecule has 3 aromatic rings. The van der Waals surface area contributed by atoms with Gasteiger partial charge in [0.15, 0.2) is 11.2 Å². The Balaban J connectivity index is 1.52. The van der Waals surface area contributed by atoms with Crippen LogP contribution in [0.4, 0.5) is 10.8 Å². The maximum Gasteiger partial charge on any atom is 0.267 e. The van der Waals surface area contributed by atoms with Crippen molar-refractivity contribution < 1.29 is 14.3 Å². The molecule has 2 heterocycles. The van der Waals surface area contributed by atoms with Crippen LogP contribution in [-0.2, 0) is 9.59 Å². The molecule has 0 spiro atoms. The molecular weight excluding hydrogens is 410 g/mol. The molecule has 0 fully saturated rings. The molecule has 2 amide bonds. The molecule has 1 atom stereocenters. The molecule has 0 saturated carbocycles. The summed E-state index contributed by atoms with van der Waals surface area (Å²) < 4.78 is 6.63. The third kappa shape index (κ3) is 3.80. The van der Waals surface area contributed by atoms with Gasteiger partial charge in [0.1, 0.15) is 5.75 Å². The predicted molar refractivity (Wildman–Crippen MR) is 116 cm³/mol. The monoisotopic (exact) mass is 429 g/mol. The van der Waals surface area contributed by atoms with E-state index in [1.165, 1.54) is 11.3 Å². The number of anilines is 2. The lowest BCUT2D eigenvalue weighted by Gasteiger charge is -2.33. The molecule has 29 heavy (non-hydrogen) atoms. The SMILES string of the molecule is CCN(C(=O)CCN1C(=O)C(C)Oc2ccccc21)c1nc2cc(Cl)ccc2s1. The number of carbonyl (C=O) groups is 2. The summed E-state index contributed by atoms with van der Waals surface area (Å²) >= 11 is 7.50. The Morgan fingerprint density at radius 3 is 2.90 bits per heavy atom. The molecule has 150 valence electrons. The number of amides is 2. The van der Waals surface area contributed by atoms with E-state index >= 15 is 0 Å². The fourth-order valence-electron chi connectivity index (χ4n) is 3.35. The number of rotatable bonds is 5. The molecule has 6 nitrogen and oxygen atoms in total. The molecule has 8 heteroatoms. The second-order valence-electron chi connectivity index (χ2n) is 6.71. The average molecular weight is 430 g/mol. The summed E-state index contributed by atoms with van der Waals surface area (Å²) in [5.41, 5.74) is 1.47. The van der Waals surface area contributed by atoms with Crippen LogP contribution in [0.25, 0.3) is 10.2 Å². The zero-order valence-electron chi connectivity index (χ0n) is 16.1. The van der Waals surface area contributed by atoms with Crippen molar-refractivity contribution in [2.45, 2.75) is 26.4 Å². The van der Waals surface area contributed by atoms with Crippen LogP contribution in [0, 0.1) is 0 Å². The standard InChI is InChI=1S/C21H20ClN3O3S/c1-3-24(21-23-15-12-14(22)8-9-18(15)29-21)19(26)10-11-25-16-6-4-5-7-17(16)28-13(2)20(25)27/h4-9,12-13H,3,10-11H2,1-2H3. The quantitative estimate of drug-likeness (QED) is 0.598. The summed E-state index contributed by atoms with van der Waals surface area (Å²) in [6.07, 6.45) is -0.381. The van der Waals surface area contributed by atoms with Crippen molar-refractivity contribution in [3.63, 3.8) is 0 Å². The number of aromatic nitrogens is 1. The zero-order chi connectivity index (χ0) is 20.5. The summed E-state index contributed by atoms with van der Waals surface area (Å²) in [5, 5.41) is 1.25. The Morgan fingerprint density at radius 1 is 1.31 bits per heavy atom. The number of halogens is 1. The van der Waals surface area contributed by atoms with Crippen LogP contribution in [0.3, 0.4) is 0 Å². The number of thiazole rings is 1. The van der Waals surface area contributed by atoms with E-state index in [9.17, 15) is 9.59 Å². The van der Waals surface area contributed by atoms with Gasteiger partial charge in [-0.25, -0.2) is 4.98 Å². The summed E-state index contributed by atoms with van der Waals surface area (Å²) in [7, 11) is 0. The molecule has 0 N–H and O–H groups in total. The molecule has 4 rings (SSSR count). The predicted octanol–water partition coefficient (Wildman–Crippen LogP) is 4.51. The van der Waals surface area contributed by atoms with Crippen molar-refractivity contribution in [3.05, 3.63) is 47.5 Å². The third-order valence-electron chi connectivity index (χ3n) is 4.81. The van der Waals surface area contributed by atoms with Crippen LogP contribution < -0.4 is 14.5 Å². The topological polar surface area (TPSA) is 62.7 Å². The first-order valence-corrected chi connectivity index (χ1v) is 10.6. The Morgan fingerprint density at radius 2 is 2.10 bits per heavy atom. The van der Waals surface area contributed by atoms with Crippen LogP contribution in [0.5, 0.6) is 5.75 Å². The highest BCUT2D eigenvalue weighted by Gasteiger charge is 2.31. The summed E-state index contributed by atoms with van der Waals surface area (Å²) in [6.45, 7) is 4.41. The van der Waals surface area contributed by atoms with E-state index in [0.29, 0.717) is 28.1 Å². The van der Waals surface area contributed by atoms with E-state index < -0.39 is 6.10 Å². The van der Waals surface area contributed by atoms with E-state index in [1.54, 1.807) is 22.8 Å². The maximum absolute atomic E-state index is 13.0. The largest absolute Gasteiger partial charge is 0.479 e. The Bertz CT molecular complexity index is 1080. The Labute approximate surface area is 177 Å². The highest BCUT2D eigenvalue weighted by molar-refractivity contribution is 7.22. The van der Waals surface area contributed by atoms with Gasteiger partial charge >= 0.3 is 0 Å². The van der Waals surface area contributed by atoms with Crippen molar-refractivity contribution in [1.82, 2.24) is 4.98 Å². The summed E-state index contributed by atoms with van der Waals surface area (Å²) in [4.78, 5) is 33.4. The minimum absolute atomic E-state index is 0.0814. The zero-order valence-corrected chi connectivity index (χ0v) is 17.7. The number of nitrogens with zero attached hydrogens (tertiary/aromatic N) is 3. The van der Waals surface area contributed by atoms with Crippen LogP contribution in [0.1, 0.15) is 20.3 Å². The van der Waals surface area contributed by atoms with Gasteiger partial charge in [-0.3, -0.25) is 14.5 Å². The van der Waals surface area contributed by atoms with Gasteiger partial charge in [0.2, 0.25) is 5.91 Å². The lowest BCUT2D eigenvalue weighted by atomic mass is 10.1. The smallest absolute Gasteiger partial charge is 0.267 e. The van der Waals surface area contributed by atoms with Crippen molar-refractivity contribution in [2.75, 3.05) is 22.9 Å². The minimum Gasteiger partial charge on any atom is -0.479 e. The van der Waals surface area contributed by atoms with Gasteiger partial charge in [-0.05, 0) is 44.2 Å². The fraction of sp³-hybridized carbons (Fsp3) is 0.286. The van der Waals surface area contributed by atoms with Gasteiger partial charge in [0.05, 0.1) is 15.9 Å². The number of para-hydroxylation sites is 2. The van der Waals surface area contributed by atoms with E-state index in [4.69, 9.17) is 16.3 Å². The number of fused-ring (bicyclic) bond motifs is 2. The number of benzene rings is 2. The molecule has 1 unspecified atom stereocenters. The van der Waals surface area contributed by atoms with Crippen molar-refractivity contribution >= 4 is 55.8 Å². The highest BCUT2D eigenvalue weighted by atomic mass is 35.5. The van der Waals surface area contributed by atoms with E-state index in [-0.39, 0.29) is 24.8 Å². The molecule has 0 bridgehead atoms. The van der Waals surface area contributed by atoms with Gasteiger partial charge in [0, 0.05) is 24.5 Å². The minimum atomic E-state index is -0.573. The average Bonchev–Trinajstić information content (AvgIpc) is 3.11. The van der Waals surface area contributed by atoms with Crippen molar-refractivity contribution in [3.8, 4) is 5.75 Å². The Hall–Kier alpha value is -2.64. The van der Waals surface area contributed by atoms with E-state index in [1.807, 2.05) is 43.3 Å². The van der Waals surface area contributed by atoms with Crippen LogP contribution >= 0.6 is 22.9 Å². The van der Waals surface area contributed by atoms with Crippen LogP contribution in [0.15, 0.2) is 42.5 Å². The molecule has 2 aromatic carbocycles. The maximum atomic E-state index is 13.0. The summed E-state index contributed by atoms with van der Waals surface area (Å²) in [5.74, 6) is 0.429. The molecule has 0 radical (unpaired) electrons. The van der Waals surface area contributed by atoms with Crippen molar-refractivity contribution in [2.24, 2.45) is 0 Å². The second kappa shape index (κ2) is 8.00. The number of hydrogen-bond donors (Lipinski definition) is 0. The highest BCUT2D eigenvalue weighted by Crippen LogP contribution is 2.34. The normalized spacial score (nSPS) is 15.9. The van der Waals surface area contributed by atoms with E-state index in [2.05, 4.69) is 4.98 Å². The van der Waals surface area contributed by atoms with E-state index in [0.717, 1.165) is 10.2 Å². The first-order valence-electron chi connectivity index (χ1n) is 9.41. The first-order chi connectivity index (χ1) is 14.0. The third-order valence-corrected chi connectivity index (χ3v) is 6.10. The van der Waals surface area contributed by atoms with Gasteiger partial charge in [-0.1, -0.05) is 35.1 Å². The second-order valence-corrected chi connectivity index (χ2v) is 8.16. The molecule has 1 aliphatic rings. The van der Waals surface area contributed by atoms with Gasteiger partial charge in [-0.15, -0.1) is 0 Å². The van der Waals surface area contributed by atoms with Crippen molar-refractivity contribution in [1.29, 1.82) is 0 Å². The van der Waals surface area contributed by atoms with Crippen LogP contribution in [-0.4, -0.2) is 36.0 Å². The number of hydrogen-bond acceptors (Lipinski definition) is 5. The molecular formula is C21H20ClN3O3S. The van der Waals surface area contributed by atoms with Gasteiger partial charge < -0.3 is 9.64 Å². The van der Waals surface area contributed by atoms with Gasteiger partial charge in [-0.2, -0.15) is 0 Å². The molecule has 1 aliphatic heterocycles. The van der Waals surface area contributed by atoms with Gasteiger partial charge in [0.25, 0.3) is 5.91 Å². The number of ether oxygens (including phenoxy) is 1. The Kier molecular flexibility index (Phi) is 5.43. The lowest BCUT2D eigenvalue weighted by molar-refractivity contribution is -0.125. The molecule has 0 saturated heterocycles. The molecule has 1 aromatic heterocycles. The summed E-state index contributed by atoms with van der Waals surface area (Å²) in [6, 6.07) is 12.9. The number of carbonyl (C=O) groups excluding carboxylic acids is 2.